The molecule has 0 radical (unpaired) electrons. The van der Waals surface area contributed by atoms with Crippen molar-refractivity contribution in [2.24, 2.45) is 0 Å². The number of hydrogen-bond acceptors (Lipinski definition) is 2. The molecule has 24 heavy (non-hydrogen) atoms. The van der Waals surface area contributed by atoms with Crippen molar-refractivity contribution in [2.75, 3.05) is 0 Å². The highest BCUT2D eigenvalue weighted by molar-refractivity contribution is 5.87. The Hall–Kier alpha value is -3.00. The molecular weight excluding hydrogens is 292 g/mol. The Morgan fingerprint density at radius 3 is 1.67 bits per heavy atom. The van der Waals surface area contributed by atoms with Crippen LogP contribution in [0.4, 0.5) is 0 Å². The van der Waals surface area contributed by atoms with Gasteiger partial charge < -0.3 is 0 Å². The highest BCUT2D eigenvalue weighted by Crippen LogP contribution is 2.34. The normalized spacial score (nSPS) is 11.1. The van der Waals surface area contributed by atoms with Gasteiger partial charge in [-0.25, -0.2) is 0 Å². The van der Waals surface area contributed by atoms with Gasteiger partial charge in [0.25, 0.3) is 0 Å². The summed E-state index contributed by atoms with van der Waals surface area (Å²) in [5.41, 5.74) is 4.43. The maximum Gasteiger partial charge on any atom is 0.0828 e. The van der Waals surface area contributed by atoms with Crippen LogP contribution in [0.1, 0.15) is 28.4 Å². The zero-order chi connectivity index (χ0) is 16.4. The molecule has 0 aliphatic rings. The van der Waals surface area contributed by atoms with Crippen molar-refractivity contribution in [3.63, 3.8) is 0 Å². The molecule has 3 aromatic carbocycles. The first kappa shape index (κ1) is 14.6. The fraction of sp³-hybridized carbons (Fsp3) is 0.0909. The third-order valence-electron chi connectivity index (χ3n) is 4.44. The molecule has 0 bridgehead atoms. The van der Waals surface area contributed by atoms with Crippen LogP contribution in [-0.4, -0.2) is 10.2 Å². The molecule has 4 aromatic rings. The van der Waals surface area contributed by atoms with Gasteiger partial charge in [-0.1, -0.05) is 84.9 Å². The van der Waals surface area contributed by atoms with Crippen LogP contribution in [0, 0.1) is 6.92 Å². The quantitative estimate of drug-likeness (QED) is 0.525. The number of nitrogens with zero attached hydrogens (tertiary/aromatic N) is 2. The molecule has 0 N–H and O–H groups in total. The lowest BCUT2D eigenvalue weighted by molar-refractivity contribution is 0.860. The van der Waals surface area contributed by atoms with Crippen molar-refractivity contribution < 1.29 is 0 Å². The van der Waals surface area contributed by atoms with Crippen LogP contribution in [0.2, 0.25) is 0 Å². The van der Waals surface area contributed by atoms with E-state index in [0.717, 1.165) is 11.4 Å². The van der Waals surface area contributed by atoms with E-state index >= 15 is 0 Å². The minimum absolute atomic E-state index is 0.0744. The molecule has 0 atom stereocenters. The summed E-state index contributed by atoms with van der Waals surface area (Å²) >= 11 is 0. The first-order valence-corrected chi connectivity index (χ1v) is 8.16. The number of benzene rings is 3. The summed E-state index contributed by atoms with van der Waals surface area (Å²) in [7, 11) is 0. The molecule has 0 aliphatic carbocycles. The number of aromatic nitrogens is 2. The number of rotatable bonds is 3. The van der Waals surface area contributed by atoms with Crippen molar-refractivity contribution in [3.05, 3.63) is 107 Å². The summed E-state index contributed by atoms with van der Waals surface area (Å²) in [4.78, 5) is 0. The molecule has 0 saturated heterocycles. The molecule has 1 aromatic heterocycles. The summed E-state index contributed by atoms with van der Waals surface area (Å²) in [6.45, 7) is 2.01. The lowest BCUT2D eigenvalue weighted by Crippen LogP contribution is -2.08. The van der Waals surface area contributed by atoms with E-state index in [1.807, 2.05) is 19.1 Å². The first-order chi connectivity index (χ1) is 11.8. The molecule has 0 saturated carbocycles. The fourth-order valence-corrected chi connectivity index (χ4v) is 3.27. The second-order valence-corrected chi connectivity index (χ2v) is 5.97. The second-order valence-electron chi connectivity index (χ2n) is 5.97. The Balaban J connectivity index is 2.00. The molecular formula is C22H18N2. The van der Waals surface area contributed by atoms with E-state index in [2.05, 4.69) is 83.0 Å². The Bertz CT molecular complexity index is 923. The van der Waals surface area contributed by atoms with Crippen LogP contribution >= 0.6 is 0 Å². The van der Waals surface area contributed by atoms with Gasteiger partial charge in [-0.05, 0) is 18.1 Å². The van der Waals surface area contributed by atoms with Crippen LogP contribution in [0.5, 0.6) is 0 Å². The van der Waals surface area contributed by atoms with Gasteiger partial charge in [0.1, 0.15) is 0 Å². The summed E-state index contributed by atoms with van der Waals surface area (Å²) in [5, 5.41) is 11.4. The Morgan fingerprint density at radius 2 is 1.08 bits per heavy atom. The summed E-state index contributed by atoms with van der Waals surface area (Å²) in [6, 6.07) is 29.4. The van der Waals surface area contributed by atoms with Crippen LogP contribution in [0.25, 0.3) is 10.8 Å². The van der Waals surface area contributed by atoms with Crippen molar-refractivity contribution in [2.45, 2.75) is 12.8 Å². The van der Waals surface area contributed by atoms with Crippen molar-refractivity contribution in [3.8, 4) is 0 Å². The summed E-state index contributed by atoms with van der Waals surface area (Å²) in [6.07, 6.45) is 0. The highest BCUT2D eigenvalue weighted by Gasteiger charge is 2.21. The van der Waals surface area contributed by atoms with Crippen LogP contribution < -0.4 is 0 Å². The SMILES string of the molecule is Cc1nnc(C(c2ccccc2)c2ccccc2)c2ccccc12. The molecule has 116 valence electrons. The molecule has 0 fully saturated rings. The highest BCUT2D eigenvalue weighted by atomic mass is 15.1. The average Bonchev–Trinajstić information content (AvgIpc) is 2.66. The smallest absolute Gasteiger partial charge is 0.0828 e. The third kappa shape index (κ3) is 2.56. The lowest BCUT2D eigenvalue weighted by atomic mass is 9.86. The van der Waals surface area contributed by atoms with Crippen LogP contribution in [0.3, 0.4) is 0 Å². The predicted molar refractivity (Wildman–Crippen MR) is 98.1 cm³/mol. The monoisotopic (exact) mass is 310 g/mol. The largest absolute Gasteiger partial charge is 0.155 e. The lowest BCUT2D eigenvalue weighted by Gasteiger charge is -2.19. The number of hydrogen-bond donors (Lipinski definition) is 0. The first-order valence-electron chi connectivity index (χ1n) is 8.16. The van der Waals surface area contributed by atoms with E-state index in [1.54, 1.807) is 0 Å². The summed E-state index contributed by atoms with van der Waals surface area (Å²) in [5.74, 6) is 0.0744. The minimum atomic E-state index is 0.0744. The van der Waals surface area contributed by atoms with E-state index in [4.69, 9.17) is 0 Å². The molecule has 0 aliphatic heterocycles. The fourth-order valence-electron chi connectivity index (χ4n) is 3.27. The zero-order valence-corrected chi connectivity index (χ0v) is 13.6. The van der Waals surface area contributed by atoms with Gasteiger partial charge in [0, 0.05) is 10.8 Å². The molecule has 0 amide bonds. The van der Waals surface area contributed by atoms with E-state index in [9.17, 15) is 0 Å². The minimum Gasteiger partial charge on any atom is -0.155 e. The van der Waals surface area contributed by atoms with E-state index < -0.39 is 0 Å². The predicted octanol–water partition coefficient (Wildman–Crippen LogP) is 5.12. The van der Waals surface area contributed by atoms with E-state index in [-0.39, 0.29) is 5.92 Å². The maximum atomic E-state index is 4.61. The summed E-state index contributed by atoms with van der Waals surface area (Å²) < 4.78 is 0. The topological polar surface area (TPSA) is 25.8 Å². The van der Waals surface area contributed by atoms with Crippen LogP contribution in [0.15, 0.2) is 84.9 Å². The van der Waals surface area contributed by atoms with Gasteiger partial charge in [0.2, 0.25) is 0 Å². The van der Waals surface area contributed by atoms with Crippen molar-refractivity contribution in [1.29, 1.82) is 0 Å². The van der Waals surface area contributed by atoms with Crippen LogP contribution in [-0.2, 0) is 0 Å². The van der Waals surface area contributed by atoms with Gasteiger partial charge >= 0.3 is 0 Å². The van der Waals surface area contributed by atoms with Crippen molar-refractivity contribution >= 4 is 10.8 Å². The van der Waals surface area contributed by atoms with Gasteiger partial charge in [-0.3, -0.25) is 0 Å². The Morgan fingerprint density at radius 1 is 0.583 bits per heavy atom. The van der Waals surface area contributed by atoms with Gasteiger partial charge in [0.15, 0.2) is 0 Å². The van der Waals surface area contributed by atoms with E-state index in [1.165, 1.54) is 21.9 Å². The average molecular weight is 310 g/mol. The second kappa shape index (κ2) is 6.25. The van der Waals surface area contributed by atoms with Gasteiger partial charge in [-0.15, -0.1) is 0 Å². The van der Waals surface area contributed by atoms with E-state index in [0.29, 0.717) is 0 Å². The standard InChI is InChI=1S/C22H18N2/c1-16-19-14-8-9-15-20(19)22(24-23-16)21(17-10-4-2-5-11-17)18-12-6-3-7-13-18/h2-15,21H,1H3. The zero-order valence-electron chi connectivity index (χ0n) is 13.6. The third-order valence-corrected chi connectivity index (χ3v) is 4.44. The molecule has 2 heteroatoms. The van der Waals surface area contributed by atoms with Gasteiger partial charge in [0.05, 0.1) is 17.3 Å². The Labute approximate surface area is 141 Å². The maximum absolute atomic E-state index is 4.61. The Kier molecular flexibility index (Phi) is 3.80. The molecule has 1 heterocycles. The van der Waals surface area contributed by atoms with Gasteiger partial charge in [-0.2, -0.15) is 10.2 Å². The number of aryl methyl sites for hydroxylation is 1. The molecule has 0 unspecified atom stereocenters. The number of fused-ring (bicyclic) bond motifs is 1. The molecule has 0 spiro atoms. The molecule has 2 nitrogen and oxygen atoms in total. The molecule has 4 rings (SSSR count). The van der Waals surface area contributed by atoms with Crippen molar-refractivity contribution in [1.82, 2.24) is 10.2 Å².